The van der Waals surface area contributed by atoms with Crippen molar-refractivity contribution >= 4 is 5.90 Å². The Morgan fingerprint density at radius 1 is 1.18 bits per heavy atom. The van der Waals surface area contributed by atoms with Crippen molar-refractivity contribution in [1.82, 2.24) is 10.2 Å². The highest BCUT2D eigenvalue weighted by Crippen LogP contribution is 2.37. The van der Waals surface area contributed by atoms with Crippen molar-refractivity contribution < 1.29 is 4.74 Å². The fraction of sp³-hybridized carbons (Fsp3) is 0.444. The minimum absolute atomic E-state index is 0.0138. The molecule has 4 nitrogen and oxygen atoms in total. The number of aromatic amines is 1. The summed E-state index contributed by atoms with van der Waals surface area (Å²) in [6.45, 7) is 6.83. The lowest BCUT2D eigenvalue weighted by Gasteiger charge is -2.30. The fourth-order valence-corrected chi connectivity index (χ4v) is 3.83. The van der Waals surface area contributed by atoms with Gasteiger partial charge in [0.25, 0.3) is 0 Å². The maximum Gasteiger partial charge on any atom is 0.180 e. The number of hydrogen-bond acceptors (Lipinski definition) is 3. The van der Waals surface area contributed by atoms with Crippen LogP contribution in [0.3, 0.4) is 0 Å². The molecule has 1 atom stereocenters. The molecule has 1 N–H and O–H groups in total. The monoisotopic (exact) mass is 295 g/mol. The Hall–Kier alpha value is -2.10. The predicted octanol–water partition coefficient (Wildman–Crippen LogP) is 3.37. The Bertz CT molecular complexity index is 755. The summed E-state index contributed by atoms with van der Waals surface area (Å²) in [6, 6.07) is 6.81. The van der Waals surface area contributed by atoms with Gasteiger partial charge in [-0.1, -0.05) is 18.2 Å². The molecule has 4 heteroatoms. The number of aryl methyl sites for hydroxylation is 3. The predicted molar refractivity (Wildman–Crippen MR) is 87.3 cm³/mol. The van der Waals surface area contributed by atoms with Crippen LogP contribution in [-0.4, -0.2) is 28.2 Å². The first-order valence-electron chi connectivity index (χ1n) is 7.89. The number of ether oxygens (including phenoxy) is 1. The third kappa shape index (κ3) is 2.05. The molecule has 1 aromatic heterocycles. The molecule has 1 aromatic carbocycles. The summed E-state index contributed by atoms with van der Waals surface area (Å²) in [5, 5.41) is 7.39. The van der Waals surface area contributed by atoms with E-state index < -0.39 is 0 Å². The zero-order valence-electron chi connectivity index (χ0n) is 13.4. The van der Waals surface area contributed by atoms with E-state index in [2.05, 4.69) is 42.2 Å². The summed E-state index contributed by atoms with van der Waals surface area (Å²) >= 11 is 0. The number of nitrogens with one attached hydrogen (secondary N) is 1. The number of H-pyrrole nitrogens is 1. The molecule has 1 spiro atoms. The molecule has 1 aliphatic heterocycles. The highest BCUT2D eigenvalue weighted by atomic mass is 16.5. The largest absolute Gasteiger partial charge is 0.479 e. The first-order valence-corrected chi connectivity index (χ1v) is 7.89. The van der Waals surface area contributed by atoms with Crippen LogP contribution in [0.4, 0.5) is 0 Å². The third-order valence-corrected chi connectivity index (χ3v) is 4.95. The summed E-state index contributed by atoms with van der Waals surface area (Å²) in [7, 11) is 0. The van der Waals surface area contributed by atoms with E-state index in [0.29, 0.717) is 0 Å². The van der Waals surface area contributed by atoms with Gasteiger partial charge in [-0.25, -0.2) is 4.99 Å². The summed E-state index contributed by atoms with van der Waals surface area (Å²) < 4.78 is 5.61. The summed E-state index contributed by atoms with van der Waals surface area (Å²) in [5.74, 6) is 0.838. The third-order valence-electron chi connectivity index (χ3n) is 4.95. The van der Waals surface area contributed by atoms with Gasteiger partial charge in [0.1, 0.15) is 12.1 Å². The molecule has 4 rings (SSSR count). The molecule has 0 fully saturated rings. The maximum absolute atomic E-state index is 5.61. The number of benzene rings is 1. The second kappa shape index (κ2) is 4.70. The van der Waals surface area contributed by atoms with Crippen molar-refractivity contribution in [2.24, 2.45) is 4.99 Å². The molecule has 1 unspecified atom stereocenters. The van der Waals surface area contributed by atoms with E-state index in [1.807, 2.05) is 6.92 Å². The Morgan fingerprint density at radius 2 is 2.05 bits per heavy atom. The van der Waals surface area contributed by atoms with Crippen molar-refractivity contribution in [3.63, 3.8) is 0 Å². The molecule has 2 heterocycles. The van der Waals surface area contributed by atoms with E-state index in [-0.39, 0.29) is 5.54 Å². The standard InChI is InChI=1S/C18H21N3O/c1-11-17(12(2)21-20-11)15-4-5-16-9-18(7-6-14(16)8-15)10-22-13(3)19-18/h4-5,8H,6-7,9-10H2,1-3H3,(H,20,21). The molecule has 114 valence electrons. The van der Waals surface area contributed by atoms with Crippen molar-refractivity contribution in [3.05, 3.63) is 40.7 Å². The molecule has 2 aromatic rings. The summed E-state index contributed by atoms with van der Waals surface area (Å²) in [6.07, 6.45) is 3.13. The second-order valence-electron chi connectivity index (χ2n) is 6.61. The van der Waals surface area contributed by atoms with Crippen LogP contribution in [0.2, 0.25) is 0 Å². The SMILES string of the molecule is CC1=NC2(CCc3cc(-c4c(C)n[nH]c4C)ccc3C2)CO1. The van der Waals surface area contributed by atoms with Crippen LogP contribution in [0.1, 0.15) is 35.9 Å². The van der Waals surface area contributed by atoms with Gasteiger partial charge in [0, 0.05) is 24.6 Å². The molecular formula is C18H21N3O. The molecule has 0 amide bonds. The van der Waals surface area contributed by atoms with Gasteiger partial charge in [0.05, 0.1) is 5.69 Å². The first kappa shape index (κ1) is 13.6. The van der Waals surface area contributed by atoms with E-state index in [4.69, 9.17) is 9.73 Å². The Labute approximate surface area is 130 Å². The lowest BCUT2D eigenvalue weighted by molar-refractivity contribution is 0.236. The van der Waals surface area contributed by atoms with Crippen LogP contribution in [-0.2, 0) is 17.6 Å². The number of nitrogens with zero attached hydrogens (tertiary/aromatic N) is 2. The molecular weight excluding hydrogens is 274 g/mol. The van der Waals surface area contributed by atoms with Gasteiger partial charge in [-0.15, -0.1) is 0 Å². The number of rotatable bonds is 1. The zero-order valence-corrected chi connectivity index (χ0v) is 13.4. The van der Waals surface area contributed by atoms with Crippen molar-refractivity contribution in [1.29, 1.82) is 0 Å². The molecule has 0 saturated heterocycles. The minimum Gasteiger partial charge on any atom is -0.479 e. The van der Waals surface area contributed by atoms with Crippen LogP contribution >= 0.6 is 0 Å². The van der Waals surface area contributed by atoms with Crippen LogP contribution in [0.15, 0.2) is 23.2 Å². The van der Waals surface area contributed by atoms with E-state index in [9.17, 15) is 0 Å². The number of fused-ring (bicyclic) bond motifs is 1. The highest BCUT2D eigenvalue weighted by Gasteiger charge is 2.38. The van der Waals surface area contributed by atoms with Gasteiger partial charge < -0.3 is 4.74 Å². The first-order chi connectivity index (χ1) is 10.6. The summed E-state index contributed by atoms with van der Waals surface area (Å²) in [4.78, 5) is 4.76. The van der Waals surface area contributed by atoms with E-state index >= 15 is 0 Å². The summed E-state index contributed by atoms with van der Waals surface area (Å²) in [5.41, 5.74) is 7.55. The van der Waals surface area contributed by atoms with E-state index in [0.717, 1.165) is 43.2 Å². The average molecular weight is 295 g/mol. The van der Waals surface area contributed by atoms with E-state index in [1.54, 1.807) is 0 Å². The minimum atomic E-state index is -0.0138. The maximum atomic E-state index is 5.61. The topological polar surface area (TPSA) is 50.3 Å². The lowest BCUT2D eigenvalue weighted by atomic mass is 9.78. The van der Waals surface area contributed by atoms with Crippen LogP contribution in [0.25, 0.3) is 11.1 Å². The molecule has 22 heavy (non-hydrogen) atoms. The van der Waals surface area contributed by atoms with Crippen molar-refractivity contribution in [3.8, 4) is 11.1 Å². The number of aromatic nitrogens is 2. The van der Waals surface area contributed by atoms with Gasteiger partial charge in [-0.2, -0.15) is 5.10 Å². The molecule has 2 aliphatic rings. The second-order valence-corrected chi connectivity index (χ2v) is 6.61. The normalized spacial score (nSPS) is 23.3. The van der Waals surface area contributed by atoms with Gasteiger partial charge in [-0.3, -0.25) is 5.10 Å². The van der Waals surface area contributed by atoms with Gasteiger partial charge in [0.2, 0.25) is 0 Å². The number of aliphatic imine (C=N–C) groups is 1. The highest BCUT2D eigenvalue weighted by molar-refractivity contribution is 5.75. The zero-order chi connectivity index (χ0) is 15.3. The van der Waals surface area contributed by atoms with Crippen LogP contribution in [0, 0.1) is 13.8 Å². The molecule has 0 bridgehead atoms. The smallest absolute Gasteiger partial charge is 0.180 e. The van der Waals surface area contributed by atoms with Crippen LogP contribution < -0.4 is 0 Å². The molecule has 0 radical (unpaired) electrons. The van der Waals surface area contributed by atoms with Gasteiger partial charge >= 0.3 is 0 Å². The van der Waals surface area contributed by atoms with Gasteiger partial charge in [-0.05, 0) is 43.4 Å². The van der Waals surface area contributed by atoms with Gasteiger partial charge in [0.15, 0.2) is 5.90 Å². The van der Waals surface area contributed by atoms with Crippen molar-refractivity contribution in [2.75, 3.05) is 6.61 Å². The van der Waals surface area contributed by atoms with Crippen molar-refractivity contribution in [2.45, 2.75) is 45.6 Å². The Kier molecular flexibility index (Phi) is 2.90. The van der Waals surface area contributed by atoms with Crippen LogP contribution in [0.5, 0.6) is 0 Å². The lowest BCUT2D eigenvalue weighted by Crippen LogP contribution is -2.35. The quantitative estimate of drug-likeness (QED) is 0.877. The van der Waals surface area contributed by atoms with E-state index in [1.165, 1.54) is 22.3 Å². The Balaban J connectivity index is 1.70. The average Bonchev–Trinajstić information content (AvgIpc) is 3.02. The number of hydrogen-bond donors (Lipinski definition) is 1. The molecule has 1 aliphatic carbocycles. The molecule has 0 saturated carbocycles. The fourth-order valence-electron chi connectivity index (χ4n) is 3.83. The Morgan fingerprint density at radius 3 is 2.73 bits per heavy atom.